The number of hydrogen-bond donors (Lipinski definition) is 1. The van der Waals surface area contributed by atoms with E-state index in [1.54, 1.807) is 6.20 Å². The van der Waals surface area contributed by atoms with Crippen LogP contribution >= 0.6 is 0 Å². The molecule has 1 rings (SSSR count). The summed E-state index contributed by atoms with van der Waals surface area (Å²) in [5.41, 5.74) is -0.170. The zero-order valence-electron chi connectivity index (χ0n) is 7.06. The molecule has 10 heavy (non-hydrogen) atoms. The van der Waals surface area contributed by atoms with Crippen molar-refractivity contribution in [3.05, 3.63) is 17.5 Å². The van der Waals surface area contributed by atoms with E-state index in [0.29, 0.717) is 0 Å². The van der Waals surface area contributed by atoms with Gasteiger partial charge < -0.3 is 10.3 Å². The van der Waals surface area contributed by atoms with Gasteiger partial charge in [-0.3, -0.25) is 0 Å². The van der Waals surface area contributed by atoms with Gasteiger partial charge in [-0.25, -0.2) is 0 Å². The molecule has 0 bridgehead atoms. The summed E-state index contributed by atoms with van der Waals surface area (Å²) in [6, 6.07) is 0. The van der Waals surface area contributed by atoms with E-state index < -0.39 is 0 Å². The molecule has 0 amide bonds. The minimum Gasteiger partial charge on any atom is -0.629 e. The fraction of sp³-hybridized carbons (Fsp3) is 0.750. The third-order valence-electron chi connectivity index (χ3n) is 2.88. The molecular formula is C8H15NO. The summed E-state index contributed by atoms with van der Waals surface area (Å²) in [5, 5.41) is 11.5. The second-order valence-electron chi connectivity index (χ2n) is 4.04. The Labute approximate surface area is 62.1 Å². The van der Waals surface area contributed by atoms with E-state index >= 15 is 0 Å². The first-order valence-corrected chi connectivity index (χ1v) is 3.61. The Balaban J connectivity index is 2.94. The average molecular weight is 141 g/mol. The highest BCUT2D eigenvalue weighted by Gasteiger charge is 2.44. The first-order chi connectivity index (χ1) is 4.38. The molecule has 0 aromatic heterocycles. The average Bonchev–Trinajstić information content (AvgIpc) is 1.94. The van der Waals surface area contributed by atoms with Crippen molar-refractivity contribution in [2.24, 2.45) is 5.41 Å². The van der Waals surface area contributed by atoms with E-state index in [1.807, 2.05) is 19.9 Å². The van der Waals surface area contributed by atoms with Crippen LogP contribution in [0.2, 0.25) is 0 Å². The Morgan fingerprint density at radius 3 is 1.80 bits per heavy atom. The summed E-state index contributed by atoms with van der Waals surface area (Å²) in [5.74, 6) is 0. The summed E-state index contributed by atoms with van der Waals surface area (Å²) in [6.07, 6.45) is 3.69. The molecule has 1 aliphatic heterocycles. The van der Waals surface area contributed by atoms with Gasteiger partial charge in [0.2, 0.25) is 0 Å². The quantitative estimate of drug-likeness (QED) is 0.494. The van der Waals surface area contributed by atoms with Crippen LogP contribution in [0.25, 0.3) is 0 Å². The van der Waals surface area contributed by atoms with Gasteiger partial charge >= 0.3 is 0 Å². The molecule has 0 saturated carbocycles. The summed E-state index contributed by atoms with van der Waals surface area (Å²) < 4.78 is 0. The van der Waals surface area contributed by atoms with E-state index in [0.717, 1.165) is 0 Å². The number of quaternary nitrogens is 1. The lowest BCUT2D eigenvalue weighted by Crippen LogP contribution is -3.11. The van der Waals surface area contributed by atoms with Crippen LogP contribution in [0, 0.1) is 10.6 Å². The van der Waals surface area contributed by atoms with Gasteiger partial charge in [-0.1, -0.05) is 13.8 Å². The molecule has 0 saturated heterocycles. The highest BCUT2D eigenvalue weighted by molar-refractivity contribution is 5.06. The van der Waals surface area contributed by atoms with Crippen molar-refractivity contribution >= 4 is 0 Å². The minimum absolute atomic E-state index is 0.0318. The first-order valence-electron chi connectivity index (χ1n) is 3.61. The SMILES string of the molecule is CC1(C)C=C[NH+]([O-])C1(C)C. The molecular weight excluding hydrogens is 126 g/mol. The van der Waals surface area contributed by atoms with Crippen molar-refractivity contribution in [3.63, 3.8) is 0 Å². The normalized spacial score (nSPS) is 34.7. The van der Waals surface area contributed by atoms with Crippen LogP contribution in [0.15, 0.2) is 12.3 Å². The first kappa shape index (κ1) is 7.76. The maximum atomic E-state index is 11.2. The zero-order chi connectivity index (χ0) is 7.99. The van der Waals surface area contributed by atoms with Gasteiger partial charge in [0.25, 0.3) is 0 Å². The minimum atomic E-state index is -0.201. The Hall–Kier alpha value is -0.340. The van der Waals surface area contributed by atoms with Crippen molar-refractivity contribution in [2.75, 3.05) is 0 Å². The Bertz CT molecular complexity index is 170. The second-order valence-corrected chi connectivity index (χ2v) is 4.04. The fourth-order valence-corrected chi connectivity index (χ4v) is 1.02. The topological polar surface area (TPSA) is 27.5 Å². The molecule has 0 aromatic rings. The zero-order valence-corrected chi connectivity index (χ0v) is 7.06. The predicted molar refractivity (Wildman–Crippen MR) is 41.3 cm³/mol. The smallest absolute Gasteiger partial charge is 0.105 e. The van der Waals surface area contributed by atoms with Gasteiger partial charge in [0.15, 0.2) is 0 Å². The maximum absolute atomic E-state index is 11.2. The molecule has 2 nitrogen and oxygen atoms in total. The molecule has 0 aromatic carbocycles. The van der Waals surface area contributed by atoms with Crippen LogP contribution in [0.5, 0.6) is 0 Å². The molecule has 0 spiro atoms. The van der Waals surface area contributed by atoms with Crippen LogP contribution in [-0.4, -0.2) is 5.54 Å². The standard InChI is InChI=1S/C8H15NO/c1-7(2)5-6-9(10)8(7,3)4/h5-6,9H,1-4H3. The van der Waals surface area contributed by atoms with Crippen molar-refractivity contribution in [1.82, 2.24) is 0 Å². The van der Waals surface area contributed by atoms with E-state index in [9.17, 15) is 5.21 Å². The van der Waals surface area contributed by atoms with Crippen molar-refractivity contribution in [1.29, 1.82) is 0 Å². The van der Waals surface area contributed by atoms with Gasteiger partial charge in [-0.15, -0.1) is 0 Å². The molecule has 1 N–H and O–H groups in total. The molecule has 1 aliphatic rings. The van der Waals surface area contributed by atoms with Gasteiger partial charge in [0.1, 0.15) is 5.54 Å². The third kappa shape index (κ3) is 0.796. The second kappa shape index (κ2) is 1.83. The molecule has 1 heterocycles. The summed E-state index contributed by atoms with van der Waals surface area (Å²) in [4.78, 5) is 0. The van der Waals surface area contributed by atoms with E-state index in [-0.39, 0.29) is 16.0 Å². The van der Waals surface area contributed by atoms with Crippen LogP contribution in [0.3, 0.4) is 0 Å². The number of hydroxylamine groups is 2. The van der Waals surface area contributed by atoms with Crippen LogP contribution in [0.1, 0.15) is 27.7 Å². The fourth-order valence-electron chi connectivity index (χ4n) is 1.02. The summed E-state index contributed by atoms with van der Waals surface area (Å²) in [7, 11) is 0. The van der Waals surface area contributed by atoms with E-state index in [1.165, 1.54) is 0 Å². The predicted octanol–water partition coefficient (Wildman–Crippen LogP) is 0.701. The van der Waals surface area contributed by atoms with Gasteiger partial charge in [0, 0.05) is 5.41 Å². The molecule has 1 atom stereocenters. The summed E-state index contributed by atoms with van der Waals surface area (Å²) >= 11 is 0. The molecule has 1 unspecified atom stereocenters. The number of nitrogens with one attached hydrogen (secondary N) is 1. The van der Waals surface area contributed by atoms with Gasteiger partial charge in [-0.2, -0.15) is 0 Å². The lowest BCUT2D eigenvalue weighted by Gasteiger charge is -2.39. The van der Waals surface area contributed by atoms with Gasteiger partial charge in [0.05, 0.1) is 6.20 Å². The Kier molecular flexibility index (Phi) is 1.42. The lowest BCUT2D eigenvalue weighted by molar-refractivity contribution is -0.849. The van der Waals surface area contributed by atoms with Crippen molar-refractivity contribution < 1.29 is 5.06 Å². The monoisotopic (exact) mass is 141 g/mol. The molecule has 58 valence electrons. The number of rotatable bonds is 0. The van der Waals surface area contributed by atoms with E-state index in [4.69, 9.17) is 0 Å². The Morgan fingerprint density at radius 1 is 1.20 bits per heavy atom. The van der Waals surface area contributed by atoms with Crippen LogP contribution in [-0.2, 0) is 0 Å². The van der Waals surface area contributed by atoms with Crippen LogP contribution in [0.4, 0.5) is 0 Å². The van der Waals surface area contributed by atoms with Crippen LogP contribution < -0.4 is 5.06 Å². The lowest BCUT2D eigenvalue weighted by atomic mass is 9.77. The maximum Gasteiger partial charge on any atom is 0.105 e. The molecule has 0 radical (unpaired) electrons. The highest BCUT2D eigenvalue weighted by Crippen LogP contribution is 2.31. The molecule has 0 aliphatic carbocycles. The Morgan fingerprint density at radius 2 is 1.70 bits per heavy atom. The third-order valence-corrected chi connectivity index (χ3v) is 2.88. The van der Waals surface area contributed by atoms with E-state index in [2.05, 4.69) is 13.8 Å². The molecule has 0 fully saturated rings. The molecule has 2 heteroatoms. The van der Waals surface area contributed by atoms with Crippen molar-refractivity contribution in [2.45, 2.75) is 33.2 Å². The number of hydrogen-bond acceptors (Lipinski definition) is 1. The van der Waals surface area contributed by atoms with Gasteiger partial charge in [-0.05, 0) is 19.9 Å². The van der Waals surface area contributed by atoms with Crippen molar-refractivity contribution in [3.8, 4) is 0 Å². The largest absolute Gasteiger partial charge is 0.629 e. The highest BCUT2D eigenvalue weighted by atomic mass is 16.5. The summed E-state index contributed by atoms with van der Waals surface area (Å²) in [6.45, 7) is 8.17.